The van der Waals surface area contributed by atoms with Crippen LogP contribution in [0.15, 0.2) is 48.7 Å². The van der Waals surface area contributed by atoms with Crippen molar-refractivity contribution in [3.63, 3.8) is 0 Å². The normalized spacial score (nSPS) is 14.6. The van der Waals surface area contributed by atoms with Crippen LogP contribution < -0.4 is 10.1 Å². The summed E-state index contributed by atoms with van der Waals surface area (Å²) < 4.78 is 7.50. The average molecular weight is 364 g/mol. The van der Waals surface area contributed by atoms with Crippen molar-refractivity contribution in [2.24, 2.45) is 0 Å². The molecule has 1 unspecified atom stereocenters. The van der Waals surface area contributed by atoms with Crippen LogP contribution in [-0.2, 0) is 6.61 Å². The summed E-state index contributed by atoms with van der Waals surface area (Å²) >= 11 is 0. The molecule has 3 aromatic rings. The van der Waals surface area contributed by atoms with Crippen molar-refractivity contribution >= 4 is 5.91 Å². The number of hydrogen-bond acceptors (Lipinski definition) is 6. The molecule has 8 heteroatoms. The molecule has 1 saturated carbocycles. The first kappa shape index (κ1) is 17.1. The van der Waals surface area contributed by atoms with E-state index in [0.717, 1.165) is 18.5 Å². The molecule has 1 aliphatic carbocycles. The zero-order valence-corrected chi connectivity index (χ0v) is 14.9. The summed E-state index contributed by atoms with van der Waals surface area (Å²) in [7, 11) is 0. The first-order chi connectivity index (χ1) is 13.2. The number of nitrogens with one attached hydrogen (secondary N) is 1. The van der Waals surface area contributed by atoms with Crippen LogP contribution in [0.2, 0.25) is 0 Å². The fourth-order valence-corrected chi connectivity index (χ4v) is 2.75. The summed E-state index contributed by atoms with van der Waals surface area (Å²) in [5.41, 5.74) is 1.40. The van der Waals surface area contributed by atoms with Crippen LogP contribution in [0.25, 0.3) is 0 Å². The van der Waals surface area contributed by atoms with Gasteiger partial charge in [0.15, 0.2) is 5.82 Å². The van der Waals surface area contributed by atoms with Crippen LogP contribution in [0.1, 0.15) is 53.7 Å². The van der Waals surface area contributed by atoms with E-state index in [2.05, 4.69) is 25.8 Å². The summed E-state index contributed by atoms with van der Waals surface area (Å²) in [6.07, 6.45) is 3.89. The number of nitrogens with zero attached hydrogens (tertiary/aromatic N) is 5. The summed E-state index contributed by atoms with van der Waals surface area (Å²) in [6, 6.07) is 12.8. The van der Waals surface area contributed by atoms with Gasteiger partial charge < -0.3 is 10.1 Å². The second-order valence-corrected chi connectivity index (χ2v) is 6.54. The van der Waals surface area contributed by atoms with Gasteiger partial charge in [0.1, 0.15) is 12.4 Å². The van der Waals surface area contributed by atoms with E-state index in [9.17, 15) is 4.79 Å². The number of aromatic nitrogens is 5. The van der Waals surface area contributed by atoms with Gasteiger partial charge in [0.25, 0.3) is 5.91 Å². The molecule has 1 aromatic carbocycles. The monoisotopic (exact) mass is 364 g/mol. The van der Waals surface area contributed by atoms with E-state index in [-0.39, 0.29) is 11.9 Å². The zero-order chi connectivity index (χ0) is 18.6. The van der Waals surface area contributed by atoms with Crippen LogP contribution in [0, 0.1) is 0 Å². The molecular weight excluding hydrogens is 344 g/mol. The number of hydrogen-bond donors (Lipinski definition) is 1. The number of benzene rings is 1. The molecule has 0 aliphatic heterocycles. The second-order valence-electron chi connectivity index (χ2n) is 6.54. The largest absolute Gasteiger partial charge is 0.487 e. The van der Waals surface area contributed by atoms with E-state index in [0.29, 0.717) is 29.8 Å². The van der Waals surface area contributed by atoms with Gasteiger partial charge in [-0.25, -0.2) is 4.68 Å². The van der Waals surface area contributed by atoms with Gasteiger partial charge in [0.2, 0.25) is 0 Å². The van der Waals surface area contributed by atoms with Crippen molar-refractivity contribution in [1.82, 2.24) is 30.5 Å². The fourth-order valence-electron chi connectivity index (χ4n) is 2.75. The maximum Gasteiger partial charge on any atom is 0.251 e. The van der Waals surface area contributed by atoms with Gasteiger partial charge in [0.05, 0.1) is 17.8 Å². The number of amides is 1. The molecule has 1 fully saturated rings. The maximum atomic E-state index is 12.5. The molecule has 138 valence electrons. The molecule has 1 aliphatic rings. The molecule has 0 saturated heterocycles. The Labute approximate surface area is 156 Å². The van der Waals surface area contributed by atoms with E-state index in [4.69, 9.17) is 4.74 Å². The number of carbonyl (C=O) groups excluding carboxylic acids is 1. The van der Waals surface area contributed by atoms with Gasteiger partial charge in [0, 0.05) is 11.8 Å². The van der Waals surface area contributed by atoms with Crippen molar-refractivity contribution in [1.29, 1.82) is 0 Å². The number of rotatable bonds is 7. The first-order valence-electron chi connectivity index (χ1n) is 8.92. The Hall–Kier alpha value is -3.29. The Morgan fingerprint density at radius 2 is 2.07 bits per heavy atom. The highest BCUT2D eigenvalue weighted by Crippen LogP contribution is 2.35. The molecule has 27 heavy (non-hydrogen) atoms. The Bertz CT molecular complexity index is 905. The molecule has 0 radical (unpaired) electrons. The van der Waals surface area contributed by atoms with Crippen molar-refractivity contribution in [3.8, 4) is 5.75 Å². The summed E-state index contributed by atoms with van der Waals surface area (Å²) in [5.74, 6) is 1.19. The van der Waals surface area contributed by atoms with Crippen LogP contribution in [0.5, 0.6) is 5.75 Å². The Morgan fingerprint density at radius 1 is 1.26 bits per heavy atom. The Morgan fingerprint density at radius 3 is 2.78 bits per heavy atom. The standard InChI is InChI=1S/C19H20N6O2/c1-13(18-22-23-24-25(18)16-7-8-16)21-19(26)14-5-9-17(10-6-14)27-12-15-4-2-3-11-20-15/h2-6,9-11,13,16H,7-8,12H2,1H3,(H,21,26). The van der Waals surface area contributed by atoms with E-state index in [1.165, 1.54) is 0 Å². The third-order valence-electron chi connectivity index (χ3n) is 4.38. The minimum atomic E-state index is -0.270. The van der Waals surface area contributed by atoms with Crippen LogP contribution in [0.4, 0.5) is 0 Å². The molecule has 8 nitrogen and oxygen atoms in total. The van der Waals surface area contributed by atoms with E-state index in [1.807, 2.05) is 25.1 Å². The van der Waals surface area contributed by atoms with Gasteiger partial charge in [-0.2, -0.15) is 0 Å². The number of carbonyl (C=O) groups is 1. The molecule has 1 amide bonds. The first-order valence-corrected chi connectivity index (χ1v) is 8.92. The third kappa shape index (κ3) is 4.11. The summed E-state index contributed by atoms with van der Waals surface area (Å²) in [4.78, 5) is 16.7. The van der Waals surface area contributed by atoms with Gasteiger partial charge >= 0.3 is 0 Å². The SMILES string of the molecule is CC(NC(=O)c1ccc(OCc2ccccn2)cc1)c1nnnn1C1CC1. The number of ether oxygens (including phenoxy) is 1. The molecule has 0 spiro atoms. The quantitative estimate of drug-likeness (QED) is 0.692. The Balaban J connectivity index is 1.35. The van der Waals surface area contributed by atoms with Gasteiger partial charge in [-0.15, -0.1) is 5.10 Å². The maximum absolute atomic E-state index is 12.5. The van der Waals surface area contributed by atoms with E-state index < -0.39 is 0 Å². The molecule has 0 bridgehead atoms. The highest BCUT2D eigenvalue weighted by molar-refractivity contribution is 5.94. The van der Waals surface area contributed by atoms with Gasteiger partial charge in [-0.05, 0) is 66.6 Å². The highest BCUT2D eigenvalue weighted by atomic mass is 16.5. The average Bonchev–Trinajstić information content (AvgIpc) is 3.43. The van der Waals surface area contributed by atoms with Crippen molar-refractivity contribution in [3.05, 3.63) is 65.7 Å². The van der Waals surface area contributed by atoms with Crippen LogP contribution in [0.3, 0.4) is 0 Å². The molecule has 4 rings (SSSR count). The smallest absolute Gasteiger partial charge is 0.251 e. The molecule has 2 heterocycles. The predicted molar refractivity (Wildman–Crippen MR) is 97.0 cm³/mol. The summed E-state index contributed by atoms with van der Waals surface area (Å²) in [5, 5.41) is 14.7. The minimum Gasteiger partial charge on any atom is -0.487 e. The number of tetrazole rings is 1. The van der Waals surface area contributed by atoms with E-state index >= 15 is 0 Å². The highest BCUT2D eigenvalue weighted by Gasteiger charge is 2.30. The minimum absolute atomic E-state index is 0.177. The lowest BCUT2D eigenvalue weighted by molar-refractivity contribution is 0.0937. The zero-order valence-electron chi connectivity index (χ0n) is 14.9. The lowest BCUT2D eigenvalue weighted by Crippen LogP contribution is -2.28. The Kier molecular flexibility index (Phi) is 4.78. The lowest BCUT2D eigenvalue weighted by atomic mass is 10.2. The molecule has 1 N–H and O–H groups in total. The van der Waals surface area contributed by atoms with Gasteiger partial charge in [-0.3, -0.25) is 9.78 Å². The van der Waals surface area contributed by atoms with Crippen molar-refractivity contribution < 1.29 is 9.53 Å². The third-order valence-corrected chi connectivity index (χ3v) is 4.38. The van der Waals surface area contributed by atoms with Crippen LogP contribution >= 0.6 is 0 Å². The summed E-state index contributed by atoms with van der Waals surface area (Å²) in [6.45, 7) is 2.26. The second kappa shape index (κ2) is 7.53. The van der Waals surface area contributed by atoms with Crippen molar-refractivity contribution in [2.75, 3.05) is 0 Å². The van der Waals surface area contributed by atoms with Gasteiger partial charge in [-0.1, -0.05) is 6.07 Å². The van der Waals surface area contributed by atoms with Crippen LogP contribution in [-0.4, -0.2) is 31.1 Å². The molecular formula is C19H20N6O2. The van der Waals surface area contributed by atoms with E-state index in [1.54, 1.807) is 35.1 Å². The molecule has 2 aromatic heterocycles. The molecule has 1 atom stereocenters. The predicted octanol–water partition coefficient (Wildman–Crippen LogP) is 2.47. The topological polar surface area (TPSA) is 94.8 Å². The number of pyridine rings is 1. The van der Waals surface area contributed by atoms with Crippen molar-refractivity contribution in [2.45, 2.75) is 38.5 Å². The fraction of sp³-hybridized carbons (Fsp3) is 0.316. The lowest BCUT2D eigenvalue weighted by Gasteiger charge is -2.13.